The predicted octanol–water partition coefficient (Wildman–Crippen LogP) is 3.76. The fourth-order valence-corrected chi connectivity index (χ4v) is 2.30. The number of benzene rings is 2. The molecule has 0 aliphatic heterocycles. The van der Waals surface area contributed by atoms with Gasteiger partial charge in [-0.15, -0.1) is 0 Å². The Bertz CT molecular complexity index is 568. The lowest BCUT2D eigenvalue weighted by atomic mass is 10.3. The van der Waals surface area contributed by atoms with Gasteiger partial charge in [0.25, 0.3) is 0 Å². The molecule has 0 fully saturated rings. The van der Waals surface area contributed by atoms with E-state index in [1.54, 1.807) is 0 Å². The second kappa shape index (κ2) is 6.92. The number of para-hydroxylation sites is 2. The van der Waals surface area contributed by atoms with Gasteiger partial charge >= 0.3 is 0 Å². The Morgan fingerprint density at radius 3 is 2.21 bits per heavy atom. The average Bonchev–Trinajstić information content (AvgIpc) is 2.40. The van der Waals surface area contributed by atoms with Crippen LogP contribution in [0.3, 0.4) is 0 Å². The highest BCUT2D eigenvalue weighted by Crippen LogP contribution is 2.15. The summed E-state index contributed by atoms with van der Waals surface area (Å²) in [6.07, 6.45) is 0. The van der Waals surface area contributed by atoms with Crippen molar-refractivity contribution in [3.8, 4) is 0 Å². The lowest BCUT2D eigenvalue weighted by Crippen LogP contribution is -2.13. The van der Waals surface area contributed by atoms with Crippen LogP contribution < -0.4 is 11.1 Å². The van der Waals surface area contributed by atoms with E-state index in [9.17, 15) is 0 Å². The summed E-state index contributed by atoms with van der Waals surface area (Å²) in [4.78, 5) is 4.27. The normalized spacial score (nSPS) is 11.1. The highest BCUT2D eigenvalue weighted by Gasteiger charge is 2.02. The van der Waals surface area contributed by atoms with Gasteiger partial charge in [-0.1, -0.05) is 48.6 Å². The van der Waals surface area contributed by atoms with Gasteiger partial charge in [-0.25, -0.2) is 4.99 Å². The molecular weight excluding hydrogens is 274 g/mol. The lowest BCUT2D eigenvalue weighted by molar-refractivity contribution is 1.51. The Labute approximate surface area is 121 Å². The number of hydrogen-bond acceptors (Lipinski definition) is 3. The van der Waals surface area contributed by atoms with Gasteiger partial charge in [0.1, 0.15) is 4.32 Å². The van der Waals surface area contributed by atoms with Crippen LogP contribution in [0.2, 0.25) is 0 Å². The minimum atomic E-state index is 0.416. The number of hydrogen-bond donors (Lipinski definition) is 2. The van der Waals surface area contributed by atoms with E-state index in [1.807, 2.05) is 60.7 Å². The molecule has 0 bridgehead atoms. The first-order chi connectivity index (χ1) is 9.24. The molecule has 5 heteroatoms. The van der Waals surface area contributed by atoms with Crippen LogP contribution in [-0.4, -0.2) is 9.49 Å². The SMILES string of the molecule is NC(=Nc1ccccc1)SC(=S)Nc1ccccc1. The van der Waals surface area contributed by atoms with Crippen LogP contribution in [0.15, 0.2) is 65.7 Å². The van der Waals surface area contributed by atoms with E-state index in [4.69, 9.17) is 18.0 Å². The molecule has 0 aromatic heterocycles. The minimum Gasteiger partial charge on any atom is -0.378 e. The zero-order valence-electron chi connectivity index (χ0n) is 10.1. The van der Waals surface area contributed by atoms with Crippen molar-refractivity contribution in [1.82, 2.24) is 0 Å². The number of nitrogens with zero attached hydrogens (tertiary/aromatic N) is 1. The van der Waals surface area contributed by atoms with Crippen LogP contribution in [0.1, 0.15) is 0 Å². The van der Waals surface area contributed by atoms with Crippen molar-refractivity contribution in [1.29, 1.82) is 0 Å². The monoisotopic (exact) mass is 287 g/mol. The highest BCUT2D eigenvalue weighted by atomic mass is 32.2. The number of nitrogens with two attached hydrogens (primary N) is 1. The molecule has 19 heavy (non-hydrogen) atoms. The highest BCUT2D eigenvalue weighted by molar-refractivity contribution is 8.33. The third kappa shape index (κ3) is 4.73. The van der Waals surface area contributed by atoms with Crippen molar-refractivity contribution >= 4 is 44.8 Å². The van der Waals surface area contributed by atoms with E-state index < -0.39 is 0 Å². The molecule has 0 radical (unpaired) electrons. The van der Waals surface area contributed by atoms with Crippen molar-refractivity contribution in [3.05, 3.63) is 60.7 Å². The number of thiocarbonyl (C=S) groups is 1. The molecule has 0 heterocycles. The molecule has 3 nitrogen and oxygen atoms in total. The molecule has 0 amide bonds. The first-order valence-electron chi connectivity index (χ1n) is 5.67. The fourth-order valence-electron chi connectivity index (χ4n) is 1.41. The van der Waals surface area contributed by atoms with Gasteiger partial charge in [0.15, 0.2) is 5.17 Å². The summed E-state index contributed by atoms with van der Waals surface area (Å²) in [6.45, 7) is 0. The zero-order valence-corrected chi connectivity index (χ0v) is 11.7. The van der Waals surface area contributed by atoms with Crippen LogP contribution in [0.4, 0.5) is 11.4 Å². The summed E-state index contributed by atoms with van der Waals surface area (Å²) in [6, 6.07) is 19.3. The molecule has 0 spiro atoms. The van der Waals surface area contributed by atoms with Crippen LogP contribution in [0, 0.1) is 0 Å². The molecule has 2 aromatic carbocycles. The largest absolute Gasteiger partial charge is 0.378 e. The predicted molar refractivity (Wildman–Crippen MR) is 88.0 cm³/mol. The smallest absolute Gasteiger partial charge is 0.166 e. The van der Waals surface area contributed by atoms with Crippen LogP contribution >= 0.6 is 24.0 Å². The van der Waals surface area contributed by atoms with Gasteiger partial charge in [0.05, 0.1) is 5.69 Å². The molecule has 96 valence electrons. The lowest BCUT2D eigenvalue weighted by Gasteiger charge is -2.06. The number of aliphatic imine (C=N–C) groups is 1. The maximum atomic E-state index is 5.85. The van der Waals surface area contributed by atoms with Crippen LogP contribution in [-0.2, 0) is 0 Å². The topological polar surface area (TPSA) is 50.4 Å². The van der Waals surface area contributed by atoms with E-state index in [0.717, 1.165) is 11.4 Å². The van der Waals surface area contributed by atoms with Gasteiger partial charge in [0, 0.05) is 5.69 Å². The Morgan fingerprint density at radius 2 is 1.58 bits per heavy atom. The Kier molecular flexibility index (Phi) is 4.94. The third-order valence-electron chi connectivity index (χ3n) is 2.21. The second-order valence-corrected chi connectivity index (χ2v) is 5.36. The molecule has 0 saturated heterocycles. The molecule has 0 aliphatic carbocycles. The molecule has 2 rings (SSSR count). The number of amidine groups is 1. The number of anilines is 1. The first kappa shape index (κ1) is 13.6. The molecular formula is C14H13N3S2. The average molecular weight is 287 g/mol. The summed E-state index contributed by atoms with van der Waals surface area (Å²) >= 11 is 6.46. The Morgan fingerprint density at radius 1 is 1.00 bits per heavy atom. The third-order valence-corrected chi connectivity index (χ3v) is 3.15. The summed E-state index contributed by atoms with van der Waals surface area (Å²) in [5.74, 6) is 0. The van der Waals surface area contributed by atoms with Gasteiger partial charge in [-0.3, -0.25) is 0 Å². The van der Waals surface area contributed by atoms with Crippen molar-refractivity contribution in [2.75, 3.05) is 5.32 Å². The molecule has 0 aliphatic rings. The Balaban J connectivity index is 1.94. The molecule has 0 saturated carbocycles. The Hall–Kier alpha value is -1.85. The maximum absolute atomic E-state index is 5.85. The van der Waals surface area contributed by atoms with E-state index in [1.165, 1.54) is 11.8 Å². The molecule has 2 aromatic rings. The van der Waals surface area contributed by atoms with Crippen molar-refractivity contribution in [2.45, 2.75) is 0 Å². The first-order valence-corrected chi connectivity index (χ1v) is 6.89. The molecule has 0 unspecified atom stereocenters. The number of nitrogens with one attached hydrogen (secondary N) is 1. The summed E-state index contributed by atoms with van der Waals surface area (Å²) in [5, 5.41) is 3.51. The van der Waals surface area contributed by atoms with Gasteiger partial charge in [0.2, 0.25) is 0 Å². The van der Waals surface area contributed by atoms with E-state index >= 15 is 0 Å². The van der Waals surface area contributed by atoms with Gasteiger partial charge in [-0.2, -0.15) is 0 Å². The summed E-state index contributed by atoms with van der Waals surface area (Å²) < 4.78 is 0.573. The number of thioether (sulfide) groups is 1. The van der Waals surface area contributed by atoms with E-state index in [0.29, 0.717) is 9.49 Å². The second-order valence-electron chi connectivity index (χ2n) is 3.67. The van der Waals surface area contributed by atoms with Crippen molar-refractivity contribution in [2.24, 2.45) is 10.7 Å². The van der Waals surface area contributed by atoms with Crippen molar-refractivity contribution < 1.29 is 0 Å². The fraction of sp³-hybridized carbons (Fsp3) is 0. The molecule has 0 atom stereocenters. The number of rotatable bonds is 2. The zero-order chi connectivity index (χ0) is 13.5. The van der Waals surface area contributed by atoms with Gasteiger partial charge in [-0.05, 0) is 36.0 Å². The van der Waals surface area contributed by atoms with Crippen LogP contribution in [0.5, 0.6) is 0 Å². The van der Waals surface area contributed by atoms with Gasteiger partial charge < -0.3 is 11.1 Å². The molecule has 3 N–H and O–H groups in total. The summed E-state index contributed by atoms with van der Waals surface area (Å²) in [5.41, 5.74) is 7.60. The van der Waals surface area contributed by atoms with E-state index in [2.05, 4.69) is 10.3 Å². The van der Waals surface area contributed by atoms with Crippen molar-refractivity contribution in [3.63, 3.8) is 0 Å². The quantitative estimate of drug-likeness (QED) is 0.501. The maximum Gasteiger partial charge on any atom is 0.166 e. The summed E-state index contributed by atoms with van der Waals surface area (Å²) in [7, 11) is 0. The minimum absolute atomic E-state index is 0.416. The van der Waals surface area contributed by atoms with Crippen LogP contribution in [0.25, 0.3) is 0 Å². The van der Waals surface area contributed by atoms with E-state index in [-0.39, 0.29) is 0 Å². The standard InChI is InChI=1S/C14H13N3S2/c15-13(16-11-7-3-1-4-8-11)19-14(18)17-12-9-5-2-6-10-12/h1-10H,(H2,15,16)(H,17,18).